The highest BCUT2D eigenvalue weighted by molar-refractivity contribution is 6.45. The zero-order valence-corrected chi connectivity index (χ0v) is 20.5. The summed E-state index contributed by atoms with van der Waals surface area (Å²) in [6, 6.07) is 16.5. The molecule has 0 aliphatic heterocycles. The van der Waals surface area contributed by atoms with Gasteiger partial charge < -0.3 is 15.4 Å². The van der Waals surface area contributed by atoms with Gasteiger partial charge in [-0.15, -0.1) is 0 Å². The Labute approximate surface area is 216 Å². The normalized spacial score (nSPS) is 10.6. The quantitative estimate of drug-likeness (QED) is 0.224. The first kappa shape index (κ1) is 26.0. The fourth-order valence-electron chi connectivity index (χ4n) is 2.71. The number of benzene rings is 3. The van der Waals surface area contributed by atoms with Gasteiger partial charge in [0.15, 0.2) is 6.61 Å². The Balaban J connectivity index is 1.46. The molecule has 0 saturated heterocycles. The number of nitrogens with one attached hydrogen (secondary N) is 3. The second-order valence-corrected chi connectivity index (χ2v) is 8.34. The van der Waals surface area contributed by atoms with Crippen LogP contribution in [-0.2, 0) is 14.4 Å². The van der Waals surface area contributed by atoms with Crippen LogP contribution in [-0.4, -0.2) is 30.5 Å². The molecule has 0 fully saturated rings. The Kier molecular flexibility index (Phi) is 9.08. The van der Waals surface area contributed by atoms with Gasteiger partial charge in [-0.2, -0.15) is 5.10 Å². The molecule has 0 bridgehead atoms. The second-order valence-electron chi connectivity index (χ2n) is 7.12. The van der Waals surface area contributed by atoms with Crippen LogP contribution in [0.3, 0.4) is 0 Å². The van der Waals surface area contributed by atoms with Crippen molar-refractivity contribution in [3.8, 4) is 5.75 Å². The van der Waals surface area contributed by atoms with Crippen LogP contribution >= 0.6 is 34.8 Å². The number of amides is 3. The van der Waals surface area contributed by atoms with E-state index in [9.17, 15) is 14.4 Å². The summed E-state index contributed by atoms with van der Waals surface area (Å²) in [5.41, 5.74) is 4.44. The SMILES string of the molecule is Cc1ccc(Cl)cc1NC(=O)COc1ccc(/C=N\NC(=O)C(=O)Nc2cccc(Cl)c2Cl)cc1. The molecule has 35 heavy (non-hydrogen) atoms. The lowest BCUT2D eigenvalue weighted by Crippen LogP contribution is -2.32. The molecule has 0 aliphatic rings. The molecule has 0 radical (unpaired) electrons. The van der Waals surface area contributed by atoms with Crippen LogP contribution in [0.1, 0.15) is 11.1 Å². The Bertz CT molecular complexity index is 1280. The molecule has 3 rings (SSSR count). The maximum Gasteiger partial charge on any atom is 0.329 e. The molecule has 3 aromatic carbocycles. The minimum atomic E-state index is -0.988. The predicted molar refractivity (Wildman–Crippen MR) is 138 cm³/mol. The number of anilines is 2. The molecule has 0 saturated carbocycles. The highest BCUT2D eigenvalue weighted by atomic mass is 35.5. The van der Waals surface area contributed by atoms with E-state index >= 15 is 0 Å². The van der Waals surface area contributed by atoms with E-state index in [0.717, 1.165) is 5.56 Å². The average Bonchev–Trinajstić information content (AvgIpc) is 2.83. The number of hydrogen-bond donors (Lipinski definition) is 3. The number of nitrogens with zero attached hydrogens (tertiary/aromatic N) is 1. The monoisotopic (exact) mass is 532 g/mol. The van der Waals surface area contributed by atoms with Crippen molar-refractivity contribution in [2.75, 3.05) is 17.2 Å². The summed E-state index contributed by atoms with van der Waals surface area (Å²) in [5, 5.41) is 9.73. The number of hydrazone groups is 1. The van der Waals surface area contributed by atoms with Gasteiger partial charge in [0.25, 0.3) is 5.91 Å². The molecule has 0 aliphatic carbocycles. The van der Waals surface area contributed by atoms with Crippen LogP contribution in [0, 0.1) is 6.92 Å². The second kappa shape index (κ2) is 12.2. The highest BCUT2D eigenvalue weighted by Crippen LogP contribution is 2.29. The number of hydrogen-bond acceptors (Lipinski definition) is 5. The molecular formula is C24H19Cl3N4O4. The van der Waals surface area contributed by atoms with Crippen molar-refractivity contribution in [1.82, 2.24) is 5.43 Å². The summed E-state index contributed by atoms with van der Waals surface area (Å²) >= 11 is 17.8. The molecule has 180 valence electrons. The number of carbonyl (C=O) groups excluding carboxylic acids is 3. The van der Waals surface area contributed by atoms with Crippen molar-refractivity contribution in [2.45, 2.75) is 6.92 Å². The fourth-order valence-corrected chi connectivity index (χ4v) is 3.23. The lowest BCUT2D eigenvalue weighted by Gasteiger charge is -2.10. The van der Waals surface area contributed by atoms with E-state index in [1.54, 1.807) is 48.5 Å². The Morgan fingerprint density at radius 1 is 0.914 bits per heavy atom. The van der Waals surface area contributed by atoms with E-state index in [4.69, 9.17) is 39.5 Å². The van der Waals surface area contributed by atoms with Crippen LogP contribution in [0.15, 0.2) is 65.8 Å². The Morgan fingerprint density at radius 3 is 2.40 bits per heavy atom. The smallest absolute Gasteiger partial charge is 0.329 e. The minimum absolute atomic E-state index is 0.123. The Morgan fingerprint density at radius 2 is 1.66 bits per heavy atom. The molecule has 0 atom stereocenters. The van der Waals surface area contributed by atoms with E-state index in [1.807, 2.05) is 13.0 Å². The third kappa shape index (κ3) is 7.71. The van der Waals surface area contributed by atoms with E-state index < -0.39 is 11.8 Å². The van der Waals surface area contributed by atoms with Crippen molar-refractivity contribution in [1.29, 1.82) is 0 Å². The summed E-state index contributed by atoms with van der Waals surface area (Å²) in [6.45, 7) is 1.66. The highest BCUT2D eigenvalue weighted by Gasteiger charge is 2.15. The number of carbonyl (C=O) groups is 3. The molecule has 0 spiro atoms. The molecule has 3 aromatic rings. The van der Waals surface area contributed by atoms with Crippen LogP contribution in [0.2, 0.25) is 15.1 Å². The van der Waals surface area contributed by atoms with Gasteiger partial charge in [-0.05, 0) is 66.6 Å². The van der Waals surface area contributed by atoms with Crippen molar-refractivity contribution in [2.24, 2.45) is 5.10 Å². The van der Waals surface area contributed by atoms with E-state index in [0.29, 0.717) is 22.0 Å². The van der Waals surface area contributed by atoms with Crippen molar-refractivity contribution in [3.05, 3.63) is 86.9 Å². The molecule has 11 heteroatoms. The zero-order valence-electron chi connectivity index (χ0n) is 18.3. The molecule has 8 nitrogen and oxygen atoms in total. The van der Waals surface area contributed by atoms with Gasteiger partial charge in [0.1, 0.15) is 5.75 Å². The number of halogens is 3. The molecule has 0 aromatic heterocycles. The summed E-state index contributed by atoms with van der Waals surface area (Å²) in [6.07, 6.45) is 1.34. The minimum Gasteiger partial charge on any atom is -0.484 e. The van der Waals surface area contributed by atoms with Crippen LogP contribution in [0.25, 0.3) is 0 Å². The number of rotatable bonds is 7. The maximum absolute atomic E-state index is 12.1. The summed E-state index contributed by atoms with van der Waals surface area (Å²) in [4.78, 5) is 36.1. The fraction of sp³-hybridized carbons (Fsp3) is 0.0833. The standard InChI is InChI=1S/C24H19Cl3N4O4/c1-14-5-8-16(25)11-20(14)29-21(32)13-35-17-9-6-15(7-10-17)12-28-31-24(34)23(33)30-19-4-2-3-18(26)22(19)27/h2-12H,13H2,1H3,(H,29,32)(H,30,33)(H,31,34)/b28-12-. The zero-order chi connectivity index (χ0) is 25.4. The Hall–Kier alpha value is -3.59. The molecule has 0 unspecified atom stereocenters. The third-order valence-corrected chi connectivity index (χ3v) is 5.56. The number of aryl methyl sites for hydroxylation is 1. The van der Waals surface area contributed by atoms with Gasteiger partial charge in [-0.3, -0.25) is 14.4 Å². The first-order valence-corrected chi connectivity index (χ1v) is 11.2. The summed E-state index contributed by atoms with van der Waals surface area (Å²) < 4.78 is 5.48. The van der Waals surface area contributed by atoms with Crippen LogP contribution in [0.5, 0.6) is 5.75 Å². The van der Waals surface area contributed by atoms with Crippen molar-refractivity contribution >= 4 is 70.1 Å². The molecular weight excluding hydrogens is 515 g/mol. The predicted octanol–water partition coefficient (Wildman–Crippen LogP) is 5.06. The van der Waals surface area contributed by atoms with Crippen LogP contribution in [0.4, 0.5) is 11.4 Å². The third-order valence-electron chi connectivity index (χ3n) is 4.51. The largest absolute Gasteiger partial charge is 0.484 e. The van der Waals surface area contributed by atoms with Gasteiger partial charge in [-0.25, -0.2) is 5.43 Å². The van der Waals surface area contributed by atoms with Gasteiger partial charge >= 0.3 is 11.8 Å². The topological polar surface area (TPSA) is 109 Å². The first-order chi connectivity index (χ1) is 16.7. The van der Waals surface area contributed by atoms with E-state index in [2.05, 4.69) is 21.2 Å². The first-order valence-electron chi connectivity index (χ1n) is 10.1. The summed E-state index contributed by atoms with van der Waals surface area (Å²) in [7, 11) is 0. The molecule has 0 heterocycles. The van der Waals surface area contributed by atoms with Gasteiger partial charge in [0, 0.05) is 10.7 Å². The number of ether oxygens (including phenoxy) is 1. The van der Waals surface area contributed by atoms with Gasteiger partial charge in [0.05, 0.1) is 21.9 Å². The van der Waals surface area contributed by atoms with E-state index in [-0.39, 0.29) is 28.2 Å². The van der Waals surface area contributed by atoms with Crippen molar-refractivity contribution in [3.63, 3.8) is 0 Å². The van der Waals surface area contributed by atoms with Gasteiger partial charge in [-0.1, -0.05) is 46.9 Å². The lowest BCUT2D eigenvalue weighted by molar-refractivity contribution is -0.136. The average molecular weight is 534 g/mol. The molecule has 3 amide bonds. The lowest BCUT2D eigenvalue weighted by atomic mass is 10.2. The summed E-state index contributed by atoms with van der Waals surface area (Å²) in [5.74, 6) is -1.82. The van der Waals surface area contributed by atoms with E-state index in [1.165, 1.54) is 12.3 Å². The maximum atomic E-state index is 12.1. The molecule has 3 N–H and O–H groups in total. The van der Waals surface area contributed by atoms with Crippen LogP contribution < -0.4 is 20.8 Å². The van der Waals surface area contributed by atoms with Crippen molar-refractivity contribution < 1.29 is 19.1 Å². The van der Waals surface area contributed by atoms with Gasteiger partial charge in [0.2, 0.25) is 0 Å².